The van der Waals surface area contributed by atoms with Gasteiger partial charge in [-0.05, 0) is 47.3 Å². The van der Waals surface area contributed by atoms with Crippen LogP contribution in [0, 0.1) is 5.92 Å². The third kappa shape index (κ3) is 4.66. The van der Waals surface area contributed by atoms with Crippen molar-refractivity contribution < 1.29 is 9.90 Å². The first-order valence-electron chi connectivity index (χ1n) is 8.46. The second-order valence-electron chi connectivity index (χ2n) is 6.38. The second-order valence-corrected chi connectivity index (χ2v) is 7.16. The summed E-state index contributed by atoms with van der Waals surface area (Å²) < 4.78 is 0. The molecule has 0 saturated carbocycles. The molecule has 0 aliphatic carbocycles. The summed E-state index contributed by atoms with van der Waals surface area (Å²) in [6.45, 7) is 3.00. The van der Waals surface area contributed by atoms with Crippen molar-refractivity contribution in [2.24, 2.45) is 5.92 Å². The van der Waals surface area contributed by atoms with Crippen molar-refractivity contribution in [1.29, 1.82) is 0 Å². The minimum absolute atomic E-state index is 0.0112. The molecule has 2 unspecified atom stereocenters. The van der Waals surface area contributed by atoms with Crippen LogP contribution in [0.5, 0.6) is 0 Å². The van der Waals surface area contributed by atoms with E-state index in [4.69, 9.17) is 0 Å². The Hall–Kier alpha value is -1.69. The Morgan fingerprint density at radius 3 is 2.92 bits per heavy atom. The number of amides is 1. The fraction of sp³-hybridized carbons (Fsp3) is 0.421. The number of hydrogen-bond acceptors (Lipinski definition) is 4. The summed E-state index contributed by atoms with van der Waals surface area (Å²) in [5.74, 6) is 0.0687. The first-order valence-corrected chi connectivity index (χ1v) is 9.41. The van der Waals surface area contributed by atoms with Crippen molar-refractivity contribution in [1.82, 2.24) is 10.2 Å². The number of piperidine rings is 1. The van der Waals surface area contributed by atoms with Crippen LogP contribution >= 0.6 is 11.3 Å². The van der Waals surface area contributed by atoms with Crippen LogP contribution in [0.25, 0.3) is 0 Å². The Labute approximate surface area is 147 Å². The standard InChI is InChI=1S/C19H24N2O2S/c22-18(17-8-10-24-14-17)11-20-19(23)16-7-4-9-21(13-16)12-15-5-2-1-3-6-15/h1-3,5-6,8,10,14,16,18,22H,4,7,9,11-13H2,(H,20,23). The van der Waals surface area contributed by atoms with Gasteiger partial charge in [0.25, 0.3) is 0 Å². The van der Waals surface area contributed by atoms with E-state index in [1.165, 1.54) is 5.56 Å². The van der Waals surface area contributed by atoms with Gasteiger partial charge in [-0.15, -0.1) is 0 Å². The number of carbonyl (C=O) groups excluding carboxylic acids is 1. The molecule has 1 aliphatic rings. The first kappa shape index (κ1) is 17.1. The maximum Gasteiger partial charge on any atom is 0.224 e. The molecular weight excluding hydrogens is 320 g/mol. The van der Waals surface area contributed by atoms with E-state index in [-0.39, 0.29) is 18.4 Å². The van der Waals surface area contributed by atoms with Crippen LogP contribution in [0.4, 0.5) is 0 Å². The molecule has 1 aromatic carbocycles. The van der Waals surface area contributed by atoms with E-state index >= 15 is 0 Å². The molecule has 0 radical (unpaired) electrons. The molecule has 2 N–H and O–H groups in total. The lowest BCUT2D eigenvalue weighted by Crippen LogP contribution is -2.43. The maximum absolute atomic E-state index is 12.4. The Kier molecular flexibility index (Phi) is 6.01. The molecule has 24 heavy (non-hydrogen) atoms. The SMILES string of the molecule is O=C(NCC(O)c1ccsc1)C1CCCN(Cc2ccccc2)C1. The van der Waals surface area contributed by atoms with Crippen molar-refractivity contribution in [3.8, 4) is 0 Å². The summed E-state index contributed by atoms with van der Waals surface area (Å²) in [6.07, 6.45) is 1.34. The van der Waals surface area contributed by atoms with Crippen LogP contribution in [0.2, 0.25) is 0 Å². The van der Waals surface area contributed by atoms with Gasteiger partial charge >= 0.3 is 0 Å². The Morgan fingerprint density at radius 2 is 2.17 bits per heavy atom. The lowest BCUT2D eigenvalue weighted by Gasteiger charge is -2.32. The lowest BCUT2D eigenvalue weighted by molar-refractivity contribution is -0.127. The minimum atomic E-state index is -0.621. The van der Waals surface area contributed by atoms with Crippen molar-refractivity contribution in [2.45, 2.75) is 25.5 Å². The average molecular weight is 344 g/mol. The zero-order valence-corrected chi connectivity index (χ0v) is 14.5. The number of aliphatic hydroxyl groups is 1. The molecule has 1 aliphatic heterocycles. The molecule has 1 fully saturated rings. The second kappa shape index (κ2) is 8.42. The third-order valence-corrected chi connectivity index (χ3v) is 5.22. The smallest absolute Gasteiger partial charge is 0.224 e. The summed E-state index contributed by atoms with van der Waals surface area (Å²) in [5, 5.41) is 16.8. The molecule has 5 heteroatoms. The molecule has 1 amide bonds. The summed E-state index contributed by atoms with van der Waals surface area (Å²) in [4.78, 5) is 14.8. The van der Waals surface area contributed by atoms with Gasteiger partial charge in [0, 0.05) is 19.6 Å². The molecule has 1 aromatic heterocycles. The van der Waals surface area contributed by atoms with Gasteiger partial charge in [0.15, 0.2) is 0 Å². The highest BCUT2D eigenvalue weighted by molar-refractivity contribution is 7.07. The van der Waals surface area contributed by atoms with Gasteiger partial charge in [0.05, 0.1) is 12.0 Å². The fourth-order valence-electron chi connectivity index (χ4n) is 3.18. The van der Waals surface area contributed by atoms with E-state index in [0.29, 0.717) is 0 Å². The van der Waals surface area contributed by atoms with Crippen molar-refractivity contribution in [3.05, 3.63) is 58.3 Å². The van der Waals surface area contributed by atoms with E-state index in [0.717, 1.165) is 38.0 Å². The molecule has 1 saturated heterocycles. The Balaban J connectivity index is 1.48. The molecule has 0 spiro atoms. The van der Waals surface area contributed by atoms with Gasteiger partial charge in [-0.3, -0.25) is 9.69 Å². The van der Waals surface area contributed by atoms with Gasteiger partial charge in [0.2, 0.25) is 5.91 Å². The largest absolute Gasteiger partial charge is 0.387 e. The predicted octanol–water partition coefficient (Wildman–Crippen LogP) is 2.81. The van der Waals surface area contributed by atoms with Crippen molar-refractivity contribution in [3.63, 3.8) is 0 Å². The van der Waals surface area contributed by atoms with E-state index in [2.05, 4.69) is 34.5 Å². The number of hydrogen-bond donors (Lipinski definition) is 2. The van der Waals surface area contributed by atoms with Gasteiger partial charge in [-0.2, -0.15) is 11.3 Å². The lowest BCUT2D eigenvalue weighted by atomic mass is 9.96. The Morgan fingerprint density at radius 1 is 1.33 bits per heavy atom. The maximum atomic E-state index is 12.4. The summed E-state index contributed by atoms with van der Waals surface area (Å²) >= 11 is 1.55. The summed E-state index contributed by atoms with van der Waals surface area (Å²) in [7, 11) is 0. The molecule has 2 aromatic rings. The fourth-order valence-corrected chi connectivity index (χ4v) is 3.89. The van der Waals surface area contributed by atoms with Gasteiger partial charge in [-0.1, -0.05) is 30.3 Å². The molecule has 4 nitrogen and oxygen atoms in total. The number of likely N-dealkylation sites (tertiary alicyclic amines) is 1. The highest BCUT2D eigenvalue weighted by atomic mass is 32.1. The highest BCUT2D eigenvalue weighted by Crippen LogP contribution is 2.20. The molecule has 2 atom stereocenters. The van der Waals surface area contributed by atoms with Crippen LogP contribution in [0.1, 0.15) is 30.1 Å². The zero-order chi connectivity index (χ0) is 16.8. The number of benzene rings is 1. The topological polar surface area (TPSA) is 52.6 Å². The molecule has 2 heterocycles. The van der Waals surface area contributed by atoms with Crippen molar-refractivity contribution >= 4 is 17.2 Å². The van der Waals surface area contributed by atoms with E-state index < -0.39 is 6.10 Å². The number of thiophene rings is 1. The highest BCUT2D eigenvalue weighted by Gasteiger charge is 2.26. The molecule has 0 bridgehead atoms. The van der Waals surface area contributed by atoms with E-state index in [9.17, 15) is 9.90 Å². The number of nitrogens with one attached hydrogen (secondary N) is 1. The quantitative estimate of drug-likeness (QED) is 0.847. The van der Waals surface area contributed by atoms with Crippen LogP contribution in [-0.4, -0.2) is 35.5 Å². The number of aliphatic hydroxyl groups excluding tert-OH is 1. The molecule has 3 rings (SSSR count). The average Bonchev–Trinajstić information content (AvgIpc) is 3.15. The minimum Gasteiger partial charge on any atom is -0.387 e. The van der Waals surface area contributed by atoms with Crippen LogP contribution in [-0.2, 0) is 11.3 Å². The summed E-state index contributed by atoms with van der Waals surface area (Å²) in [5.41, 5.74) is 2.15. The van der Waals surface area contributed by atoms with E-state index in [1.807, 2.05) is 22.9 Å². The van der Waals surface area contributed by atoms with Gasteiger partial charge < -0.3 is 10.4 Å². The normalized spacial score (nSPS) is 19.8. The molecule has 128 valence electrons. The number of rotatable bonds is 6. The van der Waals surface area contributed by atoms with Crippen LogP contribution < -0.4 is 5.32 Å². The molecular formula is C19H24N2O2S. The predicted molar refractivity (Wildman–Crippen MR) is 96.7 cm³/mol. The van der Waals surface area contributed by atoms with Crippen molar-refractivity contribution in [2.75, 3.05) is 19.6 Å². The number of nitrogens with zero attached hydrogens (tertiary/aromatic N) is 1. The van der Waals surface area contributed by atoms with Crippen LogP contribution in [0.3, 0.4) is 0 Å². The van der Waals surface area contributed by atoms with E-state index in [1.54, 1.807) is 11.3 Å². The van der Waals surface area contributed by atoms with Gasteiger partial charge in [-0.25, -0.2) is 0 Å². The Bertz CT molecular complexity index is 630. The van der Waals surface area contributed by atoms with Crippen LogP contribution in [0.15, 0.2) is 47.2 Å². The van der Waals surface area contributed by atoms with Gasteiger partial charge in [0.1, 0.15) is 0 Å². The number of carbonyl (C=O) groups is 1. The monoisotopic (exact) mass is 344 g/mol. The third-order valence-electron chi connectivity index (χ3n) is 4.52. The summed E-state index contributed by atoms with van der Waals surface area (Å²) in [6, 6.07) is 12.3. The zero-order valence-electron chi connectivity index (χ0n) is 13.7. The first-order chi connectivity index (χ1) is 11.7.